The molecule has 0 bridgehead atoms. The highest BCUT2D eigenvalue weighted by atomic mass is 16.1. The molecule has 1 N–H and O–H groups in total. The van der Waals surface area contributed by atoms with Gasteiger partial charge in [-0.25, -0.2) is 0 Å². The van der Waals surface area contributed by atoms with Crippen LogP contribution in [-0.2, 0) is 4.79 Å². The Morgan fingerprint density at radius 2 is 2.00 bits per heavy atom. The third kappa shape index (κ3) is 1.78. The van der Waals surface area contributed by atoms with Gasteiger partial charge in [-0.05, 0) is 18.5 Å². The summed E-state index contributed by atoms with van der Waals surface area (Å²) in [5.41, 5.74) is 1.09. The van der Waals surface area contributed by atoms with Crippen LogP contribution in [0.2, 0.25) is 0 Å². The second-order valence-electron chi connectivity index (χ2n) is 3.37. The molecule has 2 nitrogen and oxygen atoms in total. The van der Waals surface area contributed by atoms with E-state index in [-0.39, 0.29) is 6.04 Å². The van der Waals surface area contributed by atoms with E-state index in [1.807, 2.05) is 30.3 Å². The van der Waals surface area contributed by atoms with Gasteiger partial charge < -0.3 is 5.32 Å². The first kappa shape index (κ1) is 8.45. The van der Waals surface area contributed by atoms with Crippen molar-refractivity contribution >= 4 is 5.78 Å². The second kappa shape index (κ2) is 3.71. The first-order chi connectivity index (χ1) is 6.38. The topological polar surface area (TPSA) is 29.1 Å². The molecule has 1 aliphatic rings. The molecule has 1 aromatic carbocycles. The highest BCUT2D eigenvalue weighted by molar-refractivity contribution is 5.85. The lowest BCUT2D eigenvalue weighted by atomic mass is 9.96. The minimum Gasteiger partial charge on any atom is -0.304 e. The fraction of sp³-hybridized carbons (Fsp3) is 0.364. The summed E-state index contributed by atoms with van der Waals surface area (Å²) in [6, 6.07) is 9.85. The average Bonchev–Trinajstić information content (AvgIpc) is 2.20. The normalized spacial score (nSPS) is 23.1. The summed E-state index contributed by atoms with van der Waals surface area (Å²) in [5.74, 6) is 0.317. The molecular formula is C11H13NO. The molecule has 0 unspecified atom stereocenters. The van der Waals surface area contributed by atoms with E-state index in [4.69, 9.17) is 0 Å². The maximum absolute atomic E-state index is 11.5. The molecule has 1 atom stereocenters. The van der Waals surface area contributed by atoms with Crippen LogP contribution in [0.4, 0.5) is 0 Å². The zero-order valence-corrected chi connectivity index (χ0v) is 7.49. The molecule has 0 saturated carbocycles. The summed E-state index contributed by atoms with van der Waals surface area (Å²) in [4.78, 5) is 11.5. The predicted octanol–water partition coefficient (Wildman–Crippen LogP) is 1.68. The van der Waals surface area contributed by atoms with Crippen molar-refractivity contribution in [1.29, 1.82) is 0 Å². The summed E-state index contributed by atoms with van der Waals surface area (Å²) < 4.78 is 0. The van der Waals surface area contributed by atoms with Gasteiger partial charge in [-0.1, -0.05) is 30.3 Å². The molecule has 2 rings (SSSR count). The molecule has 0 aromatic heterocycles. The number of carbonyl (C=O) groups excluding carboxylic acids is 1. The van der Waals surface area contributed by atoms with E-state index in [2.05, 4.69) is 5.32 Å². The van der Waals surface area contributed by atoms with Gasteiger partial charge in [0.1, 0.15) is 0 Å². The van der Waals surface area contributed by atoms with Gasteiger partial charge in [0.2, 0.25) is 0 Å². The first-order valence-electron chi connectivity index (χ1n) is 4.69. The Bertz CT molecular complexity index is 294. The lowest BCUT2D eigenvalue weighted by Gasteiger charge is -2.22. The molecule has 0 amide bonds. The first-order valence-corrected chi connectivity index (χ1v) is 4.69. The van der Waals surface area contributed by atoms with Gasteiger partial charge in [-0.15, -0.1) is 0 Å². The minimum atomic E-state index is -0.0602. The highest BCUT2D eigenvalue weighted by Gasteiger charge is 2.22. The van der Waals surface area contributed by atoms with Crippen LogP contribution in [0.3, 0.4) is 0 Å². The molecule has 0 radical (unpaired) electrons. The third-order valence-electron chi connectivity index (χ3n) is 2.40. The number of carbonyl (C=O) groups is 1. The zero-order chi connectivity index (χ0) is 9.10. The molecule has 1 aliphatic heterocycles. The number of piperidine rings is 1. The van der Waals surface area contributed by atoms with E-state index in [9.17, 15) is 4.79 Å². The van der Waals surface area contributed by atoms with Crippen LogP contribution in [0.5, 0.6) is 0 Å². The van der Waals surface area contributed by atoms with Crippen molar-refractivity contribution in [3.05, 3.63) is 35.9 Å². The van der Waals surface area contributed by atoms with Crippen molar-refractivity contribution in [2.75, 3.05) is 6.54 Å². The number of benzene rings is 1. The van der Waals surface area contributed by atoms with E-state index < -0.39 is 0 Å². The van der Waals surface area contributed by atoms with Crippen molar-refractivity contribution in [3.8, 4) is 0 Å². The number of hydrogen-bond donors (Lipinski definition) is 1. The Hall–Kier alpha value is -1.15. The second-order valence-corrected chi connectivity index (χ2v) is 3.37. The SMILES string of the molecule is O=C1CCCN[C@H]1c1ccccc1. The van der Waals surface area contributed by atoms with Crippen LogP contribution < -0.4 is 5.32 Å². The van der Waals surface area contributed by atoms with Crippen LogP contribution in [0.1, 0.15) is 24.4 Å². The van der Waals surface area contributed by atoms with E-state index in [1.165, 1.54) is 0 Å². The standard InChI is InChI=1S/C11H13NO/c13-10-7-4-8-12-11(10)9-5-2-1-3-6-9/h1-3,5-6,11-12H,4,7-8H2/t11-/m0/s1. The quantitative estimate of drug-likeness (QED) is 0.703. The predicted molar refractivity (Wildman–Crippen MR) is 51.4 cm³/mol. The van der Waals surface area contributed by atoms with E-state index in [0.29, 0.717) is 12.2 Å². The van der Waals surface area contributed by atoms with Crippen molar-refractivity contribution in [2.45, 2.75) is 18.9 Å². The van der Waals surface area contributed by atoms with Gasteiger partial charge in [0, 0.05) is 6.42 Å². The van der Waals surface area contributed by atoms with Crippen LogP contribution in [0.15, 0.2) is 30.3 Å². The molecule has 0 aliphatic carbocycles. The van der Waals surface area contributed by atoms with Gasteiger partial charge in [0.15, 0.2) is 5.78 Å². The van der Waals surface area contributed by atoms with Crippen molar-refractivity contribution in [3.63, 3.8) is 0 Å². The smallest absolute Gasteiger partial charge is 0.154 e. The number of nitrogens with one attached hydrogen (secondary N) is 1. The van der Waals surface area contributed by atoms with Crippen molar-refractivity contribution in [2.24, 2.45) is 0 Å². The van der Waals surface area contributed by atoms with Crippen LogP contribution in [-0.4, -0.2) is 12.3 Å². The lowest BCUT2D eigenvalue weighted by Crippen LogP contribution is -2.34. The average molecular weight is 175 g/mol. The molecule has 68 valence electrons. The summed E-state index contributed by atoms with van der Waals surface area (Å²) in [5, 5.41) is 3.24. The van der Waals surface area contributed by atoms with Crippen molar-refractivity contribution in [1.82, 2.24) is 5.32 Å². The fourth-order valence-corrected chi connectivity index (χ4v) is 1.72. The Morgan fingerprint density at radius 1 is 1.23 bits per heavy atom. The monoisotopic (exact) mass is 175 g/mol. The van der Waals surface area contributed by atoms with Crippen LogP contribution in [0, 0.1) is 0 Å². The maximum atomic E-state index is 11.5. The summed E-state index contributed by atoms with van der Waals surface area (Å²) in [6.45, 7) is 0.950. The Labute approximate surface area is 78.0 Å². The van der Waals surface area contributed by atoms with E-state index in [0.717, 1.165) is 18.5 Å². The highest BCUT2D eigenvalue weighted by Crippen LogP contribution is 2.18. The molecule has 1 saturated heterocycles. The van der Waals surface area contributed by atoms with E-state index in [1.54, 1.807) is 0 Å². The summed E-state index contributed by atoms with van der Waals surface area (Å²) in [7, 11) is 0. The summed E-state index contributed by atoms with van der Waals surface area (Å²) in [6.07, 6.45) is 1.69. The molecule has 13 heavy (non-hydrogen) atoms. The van der Waals surface area contributed by atoms with E-state index >= 15 is 0 Å². The summed E-state index contributed by atoms with van der Waals surface area (Å²) >= 11 is 0. The van der Waals surface area contributed by atoms with Gasteiger partial charge in [-0.3, -0.25) is 4.79 Å². The molecule has 2 heteroatoms. The Kier molecular flexibility index (Phi) is 2.41. The Morgan fingerprint density at radius 3 is 2.69 bits per heavy atom. The zero-order valence-electron chi connectivity index (χ0n) is 7.49. The molecular weight excluding hydrogens is 162 g/mol. The van der Waals surface area contributed by atoms with Crippen molar-refractivity contribution < 1.29 is 4.79 Å². The number of ketones is 1. The number of hydrogen-bond acceptors (Lipinski definition) is 2. The van der Waals surface area contributed by atoms with Gasteiger partial charge >= 0.3 is 0 Å². The maximum Gasteiger partial charge on any atom is 0.154 e. The fourth-order valence-electron chi connectivity index (χ4n) is 1.72. The lowest BCUT2D eigenvalue weighted by molar-refractivity contribution is -0.122. The Balaban J connectivity index is 2.20. The minimum absolute atomic E-state index is 0.0602. The number of rotatable bonds is 1. The molecule has 1 fully saturated rings. The van der Waals surface area contributed by atoms with Gasteiger partial charge in [0.25, 0.3) is 0 Å². The molecule has 1 aromatic rings. The van der Waals surface area contributed by atoms with Gasteiger partial charge in [0.05, 0.1) is 6.04 Å². The largest absolute Gasteiger partial charge is 0.304 e. The van der Waals surface area contributed by atoms with Crippen LogP contribution >= 0.6 is 0 Å². The van der Waals surface area contributed by atoms with Gasteiger partial charge in [-0.2, -0.15) is 0 Å². The molecule has 1 heterocycles. The molecule has 0 spiro atoms. The number of Topliss-reactive ketones (excluding diaryl/α,β-unsaturated/α-hetero) is 1. The van der Waals surface area contributed by atoms with Crippen LogP contribution in [0.25, 0.3) is 0 Å². The third-order valence-corrected chi connectivity index (χ3v) is 2.40.